The van der Waals surface area contributed by atoms with Crippen LogP contribution in [0.4, 0.5) is 45.5 Å². The van der Waals surface area contributed by atoms with Crippen molar-refractivity contribution in [1.29, 1.82) is 0 Å². The molecule has 6 aromatic carbocycles. The van der Waals surface area contributed by atoms with Crippen LogP contribution in [-0.2, 0) is 43.3 Å². The smallest absolute Gasteiger partial charge is 0.264 e. The Balaban J connectivity index is 1.15. The van der Waals surface area contributed by atoms with E-state index in [1.54, 1.807) is 5.56 Å². The molecule has 1 saturated carbocycles. The number of thiophene rings is 1. The second kappa shape index (κ2) is 16.3. The van der Waals surface area contributed by atoms with Crippen LogP contribution in [0.3, 0.4) is 0 Å². The number of hydrogen-bond donors (Lipinski definition) is 0. The third-order valence-electron chi connectivity index (χ3n) is 22.9. The van der Waals surface area contributed by atoms with Gasteiger partial charge in [0.05, 0.1) is 11.2 Å². The third-order valence-corrected chi connectivity index (χ3v) is 24.2. The first-order valence-corrected chi connectivity index (χ1v) is 31.5. The molecule has 5 heteroatoms. The van der Waals surface area contributed by atoms with Gasteiger partial charge in [-0.25, -0.2) is 0 Å². The van der Waals surface area contributed by atoms with Gasteiger partial charge in [-0.1, -0.05) is 166 Å². The molecule has 4 heterocycles. The van der Waals surface area contributed by atoms with Crippen molar-refractivity contribution in [2.24, 2.45) is 0 Å². The summed E-state index contributed by atoms with van der Waals surface area (Å²) in [6.45, 7) is 42.4. The fourth-order valence-corrected chi connectivity index (χ4v) is 18.5. The van der Waals surface area contributed by atoms with Gasteiger partial charge in [0.1, 0.15) is 0 Å². The van der Waals surface area contributed by atoms with Crippen LogP contribution in [-0.4, -0.2) is 12.3 Å². The lowest BCUT2D eigenvalue weighted by atomic mass is 9.36. The van der Waals surface area contributed by atoms with Crippen molar-refractivity contribution in [3.8, 4) is 0 Å². The Morgan fingerprint density at radius 2 is 0.937 bits per heavy atom. The molecular weight excluding hydrogens is 974 g/mol. The van der Waals surface area contributed by atoms with Crippen molar-refractivity contribution in [2.45, 2.75) is 231 Å². The summed E-state index contributed by atoms with van der Waals surface area (Å²) in [6, 6.07) is 43.3. The monoisotopic (exact) mass is 1060 g/mol. The molecular formula is C74H88BN3S. The molecule has 14 rings (SSSR count). The van der Waals surface area contributed by atoms with Crippen LogP contribution in [0, 0.1) is 0 Å². The van der Waals surface area contributed by atoms with E-state index in [0.717, 1.165) is 6.42 Å². The SMILES string of the molecule is CC(C)(C)c1ccc2c(c1)B1c3sc4cc5c(cc4c3N(c3ccc4c(c3)C(C)(C)CCC4(C)C)c3cc(N4c6ccccc6C6(C)CCCCC46C)cc(c31)N2c1ccc2c(c1)C(C)(C)CCC2(C)C)C(C)(C)CCC5(C)C. The zero-order valence-corrected chi connectivity index (χ0v) is 52.0. The molecule has 79 heavy (non-hydrogen) atoms. The van der Waals surface area contributed by atoms with E-state index in [1.807, 2.05) is 0 Å². The summed E-state index contributed by atoms with van der Waals surface area (Å²) >= 11 is 2.09. The van der Waals surface area contributed by atoms with E-state index in [2.05, 4.69) is 247 Å². The predicted molar refractivity (Wildman–Crippen MR) is 343 cm³/mol. The van der Waals surface area contributed by atoms with Gasteiger partial charge in [0.2, 0.25) is 0 Å². The number of para-hydroxylation sites is 1. The first kappa shape index (κ1) is 51.9. The maximum absolute atomic E-state index is 2.86. The van der Waals surface area contributed by atoms with Gasteiger partial charge in [-0.05, 0) is 212 Å². The van der Waals surface area contributed by atoms with Gasteiger partial charge < -0.3 is 14.7 Å². The highest BCUT2D eigenvalue weighted by Crippen LogP contribution is 2.63. The molecule has 2 atom stereocenters. The molecule has 0 radical (unpaired) electrons. The minimum absolute atomic E-state index is 0.0109. The minimum Gasteiger partial charge on any atom is -0.334 e. The molecule has 7 aromatic rings. The van der Waals surface area contributed by atoms with Crippen molar-refractivity contribution in [2.75, 3.05) is 14.7 Å². The van der Waals surface area contributed by atoms with Crippen molar-refractivity contribution in [1.82, 2.24) is 0 Å². The highest BCUT2D eigenvalue weighted by Gasteiger charge is 2.58. The highest BCUT2D eigenvalue weighted by atomic mass is 32.1. The first-order valence-electron chi connectivity index (χ1n) is 30.7. The number of anilines is 8. The zero-order chi connectivity index (χ0) is 55.7. The maximum atomic E-state index is 2.86. The van der Waals surface area contributed by atoms with Crippen molar-refractivity contribution >= 4 is 89.3 Å². The number of rotatable bonds is 3. The Labute approximate surface area is 479 Å². The molecule has 408 valence electrons. The van der Waals surface area contributed by atoms with Crippen LogP contribution in [0.1, 0.15) is 226 Å². The Bertz CT molecular complexity index is 3760. The minimum atomic E-state index is -0.117. The van der Waals surface area contributed by atoms with Gasteiger partial charge in [0.15, 0.2) is 0 Å². The van der Waals surface area contributed by atoms with Gasteiger partial charge in [-0.2, -0.15) is 0 Å². The van der Waals surface area contributed by atoms with E-state index < -0.39 is 0 Å². The molecule has 0 N–H and O–H groups in total. The summed E-state index contributed by atoms with van der Waals surface area (Å²) in [5.74, 6) is 0. The summed E-state index contributed by atoms with van der Waals surface area (Å²) in [4.78, 5) is 8.45. The quantitative estimate of drug-likeness (QED) is 0.163. The number of fused-ring (bicyclic) bond motifs is 12. The second-order valence-corrected chi connectivity index (χ2v) is 32.7. The lowest BCUT2D eigenvalue weighted by Crippen LogP contribution is -2.61. The molecule has 2 unspecified atom stereocenters. The van der Waals surface area contributed by atoms with E-state index in [1.165, 1.54) is 168 Å². The van der Waals surface area contributed by atoms with Gasteiger partial charge in [0.25, 0.3) is 6.71 Å². The molecule has 4 aliphatic carbocycles. The largest absolute Gasteiger partial charge is 0.334 e. The Hall–Kier alpha value is -5.26. The Morgan fingerprint density at radius 1 is 0.430 bits per heavy atom. The molecule has 3 nitrogen and oxygen atoms in total. The lowest BCUT2D eigenvalue weighted by Gasteiger charge is -2.51. The molecule has 0 saturated heterocycles. The standard InChI is InChI=1S/C74H88BN3S/c1-66(2,3)45-24-29-59-57(38-45)75-63-60(76(59)46-25-27-50-53(39-46)69(8,9)34-32-67(50,4)5)41-48(78-58-23-19-18-22-52(58)73(16)30-20-21-31-74(73,78)17)42-61(63)77(47-26-28-51-54(40-47)70(10,11)35-33-68(51,6)7)64-49-43-55-56(44-62(49)79-65(64)75)72(14,15)37-36-71(55,12)13/h18-19,22-29,38-44H,20-21,30-37H2,1-17H3. The number of hydrogen-bond acceptors (Lipinski definition) is 4. The summed E-state index contributed by atoms with van der Waals surface area (Å²) < 4.78 is 2.90. The van der Waals surface area contributed by atoms with Crippen LogP contribution >= 0.6 is 11.3 Å². The third kappa shape index (κ3) is 7.14. The van der Waals surface area contributed by atoms with Crippen LogP contribution in [0.2, 0.25) is 0 Å². The first-order chi connectivity index (χ1) is 37.0. The van der Waals surface area contributed by atoms with E-state index in [0.29, 0.717) is 0 Å². The molecule has 0 bridgehead atoms. The lowest BCUT2D eigenvalue weighted by molar-refractivity contribution is 0.195. The molecule has 3 aliphatic heterocycles. The number of nitrogens with zero attached hydrogens (tertiary/aromatic N) is 3. The topological polar surface area (TPSA) is 9.72 Å². The summed E-state index contributed by atoms with van der Waals surface area (Å²) in [6.07, 6.45) is 12.0. The van der Waals surface area contributed by atoms with Crippen molar-refractivity contribution in [3.63, 3.8) is 0 Å². The van der Waals surface area contributed by atoms with Crippen LogP contribution in [0.15, 0.2) is 103 Å². The summed E-state index contributed by atoms with van der Waals surface area (Å²) in [5.41, 5.74) is 25.8. The van der Waals surface area contributed by atoms with Gasteiger partial charge in [-0.15, -0.1) is 11.3 Å². The van der Waals surface area contributed by atoms with E-state index in [-0.39, 0.29) is 55.6 Å². The maximum Gasteiger partial charge on any atom is 0.264 e. The fourth-order valence-electron chi connectivity index (χ4n) is 17.2. The molecule has 1 aromatic heterocycles. The Kier molecular flexibility index (Phi) is 10.7. The average Bonchev–Trinajstić information content (AvgIpc) is 2.89. The van der Waals surface area contributed by atoms with Crippen LogP contribution < -0.4 is 30.4 Å². The molecule has 7 aliphatic rings. The van der Waals surface area contributed by atoms with Crippen LogP contribution in [0.25, 0.3) is 10.1 Å². The predicted octanol–water partition coefficient (Wildman–Crippen LogP) is 19.1. The fraction of sp³-hybridized carbons (Fsp3) is 0.486. The van der Waals surface area contributed by atoms with E-state index in [9.17, 15) is 0 Å². The molecule has 0 spiro atoms. The average molecular weight is 1060 g/mol. The molecule has 1 fully saturated rings. The van der Waals surface area contributed by atoms with E-state index in [4.69, 9.17) is 0 Å². The molecule has 0 amide bonds. The number of benzene rings is 6. The highest BCUT2D eigenvalue weighted by molar-refractivity contribution is 7.33. The van der Waals surface area contributed by atoms with E-state index >= 15 is 0 Å². The zero-order valence-electron chi connectivity index (χ0n) is 51.2. The van der Waals surface area contributed by atoms with Gasteiger partial charge in [0, 0.05) is 60.1 Å². The van der Waals surface area contributed by atoms with Crippen LogP contribution in [0.5, 0.6) is 0 Å². The summed E-state index contributed by atoms with van der Waals surface area (Å²) in [7, 11) is 0. The summed E-state index contributed by atoms with van der Waals surface area (Å²) in [5, 5.41) is 1.41. The van der Waals surface area contributed by atoms with Crippen molar-refractivity contribution in [3.05, 3.63) is 148 Å². The van der Waals surface area contributed by atoms with Gasteiger partial charge >= 0.3 is 0 Å². The Morgan fingerprint density at radius 3 is 1.52 bits per heavy atom. The van der Waals surface area contributed by atoms with Gasteiger partial charge in [-0.3, -0.25) is 0 Å². The van der Waals surface area contributed by atoms with Crippen molar-refractivity contribution < 1.29 is 0 Å². The normalized spacial score (nSPS) is 24.9. The second-order valence-electron chi connectivity index (χ2n) is 31.7.